The van der Waals surface area contributed by atoms with E-state index in [1.54, 1.807) is 14.2 Å². The lowest BCUT2D eigenvalue weighted by atomic mass is 10.00. The predicted octanol–water partition coefficient (Wildman–Crippen LogP) is 2.61. The van der Waals surface area contributed by atoms with Crippen LogP contribution in [0, 0.1) is 12.8 Å². The number of hydrogen-bond acceptors (Lipinski definition) is 3. The van der Waals surface area contributed by atoms with Crippen LogP contribution in [-0.2, 0) is 4.74 Å². The van der Waals surface area contributed by atoms with Crippen molar-refractivity contribution >= 4 is 5.78 Å². The quantitative estimate of drug-likeness (QED) is 0.735. The predicted molar refractivity (Wildman–Crippen MR) is 65.6 cm³/mol. The number of Topliss-reactive ketones (excluding diaryl/α,β-unsaturated/α-hetero) is 1. The number of ether oxygens (including phenoxy) is 2. The van der Waals surface area contributed by atoms with E-state index in [0.29, 0.717) is 17.2 Å². The molecule has 0 spiro atoms. The summed E-state index contributed by atoms with van der Waals surface area (Å²) in [4.78, 5) is 12.4. The van der Waals surface area contributed by atoms with E-state index in [-0.39, 0.29) is 11.9 Å². The van der Waals surface area contributed by atoms with Gasteiger partial charge in [-0.25, -0.2) is 0 Å². The first-order valence-electron chi connectivity index (χ1n) is 5.89. The molecule has 3 heteroatoms. The highest BCUT2D eigenvalue weighted by molar-refractivity contribution is 6.02. The maximum atomic E-state index is 12.4. The third-order valence-corrected chi connectivity index (χ3v) is 3.18. The van der Waals surface area contributed by atoms with Crippen molar-refractivity contribution in [2.24, 2.45) is 5.92 Å². The van der Waals surface area contributed by atoms with Crippen molar-refractivity contribution in [2.75, 3.05) is 14.2 Å². The smallest absolute Gasteiger partial charge is 0.195 e. The molecule has 17 heavy (non-hydrogen) atoms. The van der Waals surface area contributed by atoms with E-state index >= 15 is 0 Å². The number of benzene rings is 1. The van der Waals surface area contributed by atoms with Crippen LogP contribution in [0.15, 0.2) is 18.2 Å². The Hall–Kier alpha value is -1.35. The first kappa shape index (κ1) is 12.1. The fourth-order valence-electron chi connectivity index (χ4n) is 2.08. The van der Waals surface area contributed by atoms with Gasteiger partial charge in [0.2, 0.25) is 0 Å². The van der Waals surface area contributed by atoms with Crippen LogP contribution >= 0.6 is 0 Å². The molecule has 0 N–H and O–H groups in total. The average Bonchev–Trinajstić information content (AvgIpc) is 3.14. The summed E-state index contributed by atoms with van der Waals surface area (Å²) in [6.07, 6.45) is 1.85. The zero-order valence-electron chi connectivity index (χ0n) is 10.5. The molecular formula is C14H18O3. The molecule has 2 rings (SSSR count). The molecule has 3 nitrogen and oxygen atoms in total. The summed E-state index contributed by atoms with van der Waals surface area (Å²) < 4.78 is 10.6. The molecule has 0 amide bonds. The average molecular weight is 234 g/mol. The van der Waals surface area contributed by atoms with E-state index in [9.17, 15) is 4.79 Å². The SMILES string of the molecule is COc1ccc(C)cc1C(=O)C(OC)C1CC1. The Morgan fingerprint density at radius 3 is 2.59 bits per heavy atom. The molecule has 1 aromatic rings. The van der Waals surface area contributed by atoms with Crippen LogP contribution in [0.5, 0.6) is 5.75 Å². The van der Waals surface area contributed by atoms with Crippen molar-refractivity contribution in [2.45, 2.75) is 25.9 Å². The maximum absolute atomic E-state index is 12.4. The largest absolute Gasteiger partial charge is 0.496 e. The molecular weight excluding hydrogens is 216 g/mol. The van der Waals surface area contributed by atoms with Crippen LogP contribution in [-0.4, -0.2) is 26.1 Å². The minimum atomic E-state index is -0.314. The third kappa shape index (κ3) is 2.50. The normalized spacial score (nSPS) is 16.6. The third-order valence-electron chi connectivity index (χ3n) is 3.18. The molecule has 0 aliphatic heterocycles. The van der Waals surface area contributed by atoms with Crippen LogP contribution < -0.4 is 4.74 Å². The Kier molecular flexibility index (Phi) is 3.48. The minimum absolute atomic E-state index is 0.0375. The highest BCUT2D eigenvalue weighted by Crippen LogP contribution is 2.36. The number of carbonyl (C=O) groups excluding carboxylic acids is 1. The van der Waals surface area contributed by atoms with E-state index in [0.717, 1.165) is 18.4 Å². The van der Waals surface area contributed by atoms with Gasteiger partial charge in [-0.05, 0) is 37.8 Å². The van der Waals surface area contributed by atoms with Crippen molar-refractivity contribution in [1.29, 1.82) is 0 Å². The molecule has 1 saturated carbocycles. The lowest BCUT2D eigenvalue weighted by Gasteiger charge is -2.15. The Bertz CT molecular complexity index is 421. The van der Waals surface area contributed by atoms with Gasteiger partial charge in [0.25, 0.3) is 0 Å². The lowest BCUT2D eigenvalue weighted by Crippen LogP contribution is -2.25. The molecule has 0 radical (unpaired) electrons. The molecule has 0 saturated heterocycles. The van der Waals surface area contributed by atoms with Crippen molar-refractivity contribution in [3.05, 3.63) is 29.3 Å². The summed E-state index contributed by atoms with van der Waals surface area (Å²) in [7, 11) is 3.18. The first-order chi connectivity index (χ1) is 8.17. The molecule has 1 atom stereocenters. The number of ketones is 1. The Labute approximate surface area is 102 Å². The van der Waals surface area contributed by atoms with Gasteiger partial charge in [0, 0.05) is 7.11 Å². The summed E-state index contributed by atoms with van der Waals surface area (Å²) in [6.45, 7) is 1.97. The molecule has 1 aromatic carbocycles. The molecule has 92 valence electrons. The number of hydrogen-bond donors (Lipinski definition) is 0. The van der Waals surface area contributed by atoms with Gasteiger partial charge in [-0.2, -0.15) is 0 Å². The fourth-order valence-corrected chi connectivity index (χ4v) is 2.08. The molecule has 0 heterocycles. The number of aryl methyl sites for hydroxylation is 1. The summed E-state index contributed by atoms with van der Waals surface area (Å²) in [5, 5.41) is 0. The van der Waals surface area contributed by atoms with Crippen molar-refractivity contribution < 1.29 is 14.3 Å². The van der Waals surface area contributed by atoms with Gasteiger partial charge in [-0.3, -0.25) is 4.79 Å². The van der Waals surface area contributed by atoms with Crippen LogP contribution in [0.3, 0.4) is 0 Å². The van der Waals surface area contributed by atoms with Crippen molar-refractivity contribution in [3.63, 3.8) is 0 Å². The van der Waals surface area contributed by atoms with Gasteiger partial charge in [0.1, 0.15) is 11.9 Å². The first-order valence-corrected chi connectivity index (χ1v) is 5.89. The Balaban J connectivity index is 2.31. The molecule has 1 aliphatic carbocycles. The van der Waals surface area contributed by atoms with Crippen LogP contribution in [0.4, 0.5) is 0 Å². The summed E-state index contributed by atoms with van der Waals surface area (Å²) in [5.74, 6) is 1.05. The van der Waals surface area contributed by atoms with E-state index in [1.807, 2.05) is 25.1 Å². The van der Waals surface area contributed by atoms with Gasteiger partial charge >= 0.3 is 0 Å². The molecule has 1 aliphatic rings. The lowest BCUT2D eigenvalue weighted by molar-refractivity contribution is 0.0537. The van der Waals surface area contributed by atoms with Gasteiger partial charge in [-0.1, -0.05) is 11.6 Å². The van der Waals surface area contributed by atoms with Crippen LogP contribution in [0.25, 0.3) is 0 Å². The second kappa shape index (κ2) is 4.88. The van der Waals surface area contributed by atoms with Crippen molar-refractivity contribution in [3.8, 4) is 5.75 Å². The highest BCUT2D eigenvalue weighted by Gasteiger charge is 2.37. The van der Waals surface area contributed by atoms with E-state index < -0.39 is 0 Å². The Morgan fingerprint density at radius 2 is 2.06 bits per heavy atom. The highest BCUT2D eigenvalue weighted by atomic mass is 16.5. The zero-order valence-corrected chi connectivity index (χ0v) is 10.5. The minimum Gasteiger partial charge on any atom is -0.496 e. The van der Waals surface area contributed by atoms with E-state index in [1.165, 1.54) is 0 Å². The molecule has 0 bridgehead atoms. The zero-order chi connectivity index (χ0) is 12.4. The molecule has 0 aromatic heterocycles. The van der Waals surface area contributed by atoms with Gasteiger partial charge in [0.05, 0.1) is 12.7 Å². The number of rotatable bonds is 5. The summed E-state index contributed by atoms with van der Waals surface area (Å²) in [6, 6.07) is 5.65. The van der Waals surface area contributed by atoms with E-state index in [2.05, 4.69) is 0 Å². The summed E-state index contributed by atoms with van der Waals surface area (Å²) >= 11 is 0. The summed E-state index contributed by atoms with van der Waals surface area (Å²) in [5.41, 5.74) is 1.69. The monoisotopic (exact) mass is 234 g/mol. The number of methoxy groups -OCH3 is 2. The van der Waals surface area contributed by atoms with E-state index in [4.69, 9.17) is 9.47 Å². The van der Waals surface area contributed by atoms with Crippen LogP contribution in [0.2, 0.25) is 0 Å². The Morgan fingerprint density at radius 1 is 1.35 bits per heavy atom. The second-order valence-corrected chi connectivity index (χ2v) is 4.56. The van der Waals surface area contributed by atoms with Gasteiger partial charge in [0.15, 0.2) is 5.78 Å². The maximum Gasteiger partial charge on any atom is 0.195 e. The fraction of sp³-hybridized carbons (Fsp3) is 0.500. The van der Waals surface area contributed by atoms with Gasteiger partial charge in [-0.15, -0.1) is 0 Å². The molecule has 1 unspecified atom stereocenters. The van der Waals surface area contributed by atoms with Crippen LogP contribution in [0.1, 0.15) is 28.8 Å². The number of carbonyl (C=O) groups is 1. The van der Waals surface area contributed by atoms with Crippen molar-refractivity contribution in [1.82, 2.24) is 0 Å². The molecule has 1 fully saturated rings. The second-order valence-electron chi connectivity index (χ2n) is 4.56. The standard InChI is InChI=1S/C14H18O3/c1-9-4-7-12(16-2)11(8-9)13(15)14(17-3)10-5-6-10/h4,7-8,10,14H,5-6H2,1-3H3. The van der Waals surface area contributed by atoms with Gasteiger partial charge < -0.3 is 9.47 Å². The topological polar surface area (TPSA) is 35.5 Å².